The average Bonchev–Trinajstić information content (AvgIpc) is 2.64. The van der Waals surface area contributed by atoms with E-state index in [4.69, 9.17) is 23.2 Å². The summed E-state index contributed by atoms with van der Waals surface area (Å²) >= 11 is 12.0. The molecule has 0 radical (unpaired) electrons. The number of rotatable bonds is 5. The Morgan fingerprint density at radius 2 is 1.76 bits per heavy atom. The Morgan fingerprint density at radius 3 is 2.44 bits per heavy atom. The van der Waals surface area contributed by atoms with Crippen molar-refractivity contribution in [3.05, 3.63) is 69.7 Å². The van der Waals surface area contributed by atoms with Crippen molar-refractivity contribution >= 4 is 29.1 Å². The Morgan fingerprint density at radius 1 is 1.04 bits per heavy atom. The first kappa shape index (κ1) is 18.2. The number of hydrogen-bond acceptors (Lipinski definition) is 2. The highest BCUT2D eigenvalue weighted by atomic mass is 35.5. The number of carbonyl (C=O) groups excluding carboxylic acids is 1. The smallest absolute Gasteiger partial charge is 0.251 e. The predicted molar refractivity (Wildman–Crippen MR) is 104 cm³/mol. The van der Waals surface area contributed by atoms with E-state index < -0.39 is 0 Å². The van der Waals surface area contributed by atoms with Crippen LogP contribution >= 0.6 is 23.2 Å². The van der Waals surface area contributed by atoms with Crippen LogP contribution in [0.15, 0.2) is 48.5 Å². The molecule has 2 aromatic carbocycles. The van der Waals surface area contributed by atoms with E-state index in [-0.39, 0.29) is 11.9 Å². The van der Waals surface area contributed by atoms with Gasteiger partial charge in [-0.3, -0.25) is 4.79 Å². The molecule has 2 aromatic rings. The van der Waals surface area contributed by atoms with Crippen molar-refractivity contribution in [2.24, 2.45) is 0 Å². The van der Waals surface area contributed by atoms with Gasteiger partial charge in [0.05, 0.1) is 10.0 Å². The maximum Gasteiger partial charge on any atom is 0.251 e. The van der Waals surface area contributed by atoms with Crippen LogP contribution in [0.25, 0.3) is 0 Å². The standard InChI is InChI=1S/C20H22Cl2N2O/c21-18-7-6-15(14-19(18)22)8-11-24-12-9-17(10-13-24)23-20(25)16-4-2-1-3-5-16/h1-7,14,17H,8-13H2,(H,23,25). The quantitative estimate of drug-likeness (QED) is 0.836. The molecule has 0 spiro atoms. The highest BCUT2D eigenvalue weighted by Crippen LogP contribution is 2.23. The topological polar surface area (TPSA) is 32.3 Å². The summed E-state index contributed by atoms with van der Waals surface area (Å²) in [5.41, 5.74) is 1.93. The molecule has 3 nitrogen and oxygen atoms in total. The van der Waals surface area contributed by atoms with Crippen molar-refractivity contribution < 1.29 is 4.79 Å². The fourth-order valence-corrected chi connectivity index (χ4v) is 3.46. The number of piperidine rings is 1. The zero-order valence-electron chi connectivity index (χ0n) is 14.1. The second-order valence-electron chi connectivity index (χ2n) is 6.45. The molecule has 0 atom stereocenters. The van der Waals surface area contributed by atoms with Crippen LogP contribution in [0.1, 0.15) is 28.8 Å². The van der Waals surface area contributed by atoms with Crippen molar-refractivity contribution in [2.45, 2.75) is 25.3 Å². The molecule has 1 saturated heterocycles. The summed E-state index contributed by atoms with van der Waals surface area (Å²) in [6, 6.07) is 15.5. The number of hydrogen-bond donors (Lipinski definition) is 1. The number of amides is 1. The molecule has 1 amide bonds. The minimum atomic E-state index is 0.0230. The third-order valence-corrected chi connectivity index (χ3v) is 5.40. The van der Waals surface area contributed by atoms with Crippen LogP contribution in [0.2, 0.25) is 10.0 Å². The van der Waals surface area contributed by atoms with E-state index in [0.29, 0.717) is 10.0 Å². The van der Waals surface area contributed by atoms with Gasteiger partial charge in [-0.25, -0.2) is 0 Å². The number of benzene rings is 2. The van der Waals surface area contributed by atoms with E-state index in [1.54, 1.807) is 0 Å². The molecule has 1 heterocycles. The molecule has 3 rings (SSSR count). The van der Waals surface area contributed by atoms with Crippen molar-refractivity contribution in [3.8, 4) is 0 Å². The first-order chi connectivity index (χ1) is 12.1. The van der Waals surface area contributed by atoms with E-state index in [1.807, 2.05) is 48.5 Å². The van der Waals surface area contributed by atoms with Crippen molar-refractivity contribution in [2.75, 3.05) is 19.6 Å². The zero-order valence-corrected chi connectivity index (χ0v) is 15.6. The summed E-state index contributed by atoms with van der Waals surface area (Å²) < 4.78 is 0. The fraction of sp³-hybridized carbons (Fsp3) is 0.350. The molecule has 5 heteroatoms. The molecule has 0 unspecified atom stereocenters. The van der Waals surface area contributed by atoms with Crippen LogP contribution in [0, 0.1) is 0 Å². The van der Waals surface area contributed by atoms with Gasteiger partial charge < -0.3 is 10.2 Å². The highest BCUT2D eigenvalue weighted by molar-refractivity contribution is 6.42. The SMILES string of the molecule is O=C(NC1CCN(CCc2ccc(Cl)c(Cl)c2)CC1)c1ccccc1. The van der Waals surface area contributed by atoms with Gasteiger partial charge in [0.25, 0.3) is 5.91 Å². The Bertz CT molecular complexity index is 713. The lowest BCUT2D eigenvalue weighted by molar-refractivity contribution is 0.0911. The van der Waals surface area contributed by atoms with E-state index >= 15 is 0 Å². The molecule has 0 bridgehead atoms. The van der Waals surface area contributed by atoms with E-state index in [0.717, 1.165) is 44.5 Å². The van der Waals surface area contributed by atoms with Gasteiger partial charge in [-0.05, 0) is 49.1 Å². The van der Waals surface area contributed by atoms with Gasteiger partial charge in [-0.2, -0.15) is 0 Å². The minimum Gasteiger partial charge on any atom is -0.349 e. The van der Waals surface area contributed by atoms with Crippen LogP contribution in [0.5, 0.6) is 0 Å². The number of nitrogens with one attached hydrogen (secondary N) is 1. The van der Waals surface area contributed by atoms with Crippen LogP contribution in [0.3, 0.4) is 0 Å². The summed E-state index contributed by atoms with van der Waals surface area (Å²) in [5, 5.41) is 4.36. The summed E-state index contributed by atoms with van der Waals surface area (Å²) in [6.45, 7) is 3.00. The van der Waals surface area contributed by atoms with E-state index in [1.165, 1.54) is 5.56 Å². The lowest BCUT2D eigenvalue weighted by atomic mass is 10.0. The molecule has 0 saturated carbocycles. The van der Waals surface area contributed by atoms with Crippen LogP contribution in [0.4, 0.5) is 0 Å². The molecule has 0 aromatic heterocycles. The maximum atomic E-state index is 12.2. The van der Waals surface area contributed by atoms with Gasteiger partial charge in [0, 0.05) is 31.2 Å². The average molecular weight is 377 g/mol. The van der Waals surface area contributed by atoms with Crippen LogP contribution < -0.4 is 5.32 Å². The van der Waals surface area contributed by atoms with E-state index in [9.17, 15) is 4.79 Å². The molecule has 25 heavy (non-hydrogen) atoms. The first-order valence-electron chi connectivity index (χ1n) is 8.64. The zero-order chi connectivity index (χ0) is 17.6. The van der Waals surface area contributed by atoms with Gasteiger partial charge in [0.1, 0.15) is 0 Å². The lowest BCUT2D eigenvalue weighted by Gasteiger charge is -2.32. The van der Waals surface area contributed by atoms with Gasteiger partial charge in [0.2, 0.25) is 0 Å². The number of carbonyl (C=O) groups is 1. The summed E-state index contributed by atoms with van der Waals surface area (Å²) in [7, 11) is 0. The Kier molecular flexibility index (Phi) is 6.35. The van der Waals surface area contributed by atoms with Crippen LogP contribution in [-0.2, 0) is 6.42 Å². The molecule has 1 fully saturated rings. The fourth-order valence-electron chi connectivity index (χ4n) is 3.14. The summed E-state index contributed by atoms with van der Waals surface area (Å²) in [4.78, 5) is 14.7. The molecule has 1 aliphatic rings. The van der Waals surface area contributed by atoms with Crippen molar-refractivity contribution in [1.29, 1.82) is 0 Å². The minimum absolute atomic E-state index is 0.0230. The number of halogens is 2. The van der Waals surface area contributed by atoms with E-state index in [2.05, 4.69) is 10.2 Å². The Hall–Kier alpha value is -1.55. The van der Waals surface area contributed by atoms with Gasteiger partial charge in [-0.1, -0.05) is 47.5 Å². The predicted octanol–water partition coefficient (Wildman–Crippen LogP) is 4.43. The molecular weight excluding hydrogens is 355 g/mol. The highest BCUT2D eigenvalue weighted by Gasteiger charge is 2.20. The third kappa shape index (κ3) is 5.21. The summed E-state index contributed by atoms with van der Waals surface area (Å²) in [6.07, 6.45) is 2.93. The maximum absolute atomic E-state index is 12.2. The number of likely N-dealkylation sites (tertiary alicyclic amines) is 1. The molecule has 1 aliphatic heterocycles. The largest absolute Gasteiger partial charge is 0.349 e. The molecule has 0 aliphatic carbocycles. The Balaban J connectivity index is 1.42. The normalized spacial score (nSPS) is 15.9. The Labute approximate surface area is 158 Å². The first-order valence-corrected chi connectivity index (χ1v) is 9.39. The molecule has 1 N–H and O–H groups in total. The van der Waals surface area contributed by atoms with Crippen molar-refractivity contribution in [1.82, 2.24) is 10.2 Å². The molecular formula is C20H22Cl2N2O. The third-order valence-electron chi connectivity index (χ3n) is 4.66. The lowest BCUT2D eigenvalue weighted by Crippen LogP contribution is -2.45. The number of nitrogens with zero attached hydrogens (tertiary/aromatic N) is 1. The van der Waals surface area contributed by atoms with Crippen LogP contribution in [-0.4, -0.2) is 36.5 Å². The van der Waals surface area contributed by atoms with Gasteiger partial charge >= 0.3 is 0 Å². The monoisotopic (exact) mass is 376 g/mol. The van der Waals surface area contributed by atoms with Gasteiger partial charge in [0.15, 0.2) is 0 Å². The summed E-state index contributed by atoms with van der Waals surface area (Å²) in [5.74, 6) is 0.0230. The molecule has 132 valence electrons. The van der Waals surface area contributed by atoms with Crippen molar-refractivity contribution in [3.63, 3.8) is 0 Å². The van der Waals surface area contributed by atoms with Gasteiger partial charge in [-0.15, -0.1) is 0 Å². The second-order valence-corrected chi connectivity index (χ2v) is 7.27. The second kappa shape index (κ2) is 8.70.